The molecule has 7 nitrogen and oxygen atoms in total. The third kappa shape index (κ3) is 2.98. The molecule has 0 aliphatic heterocycles. The second-order valence-electron chi connectivity index (χ2n) is 5.80. The molecule has 3 aromatic carbocycles. The molecule has 0 radical (unpaired) electrons. The van der Waals surface area contributed by atoms with Gasteiger partial charge < -0.3 is 5.73 Å². The van der Waals surface area contributed by atoms with E-state index in [0.717, 1.165) is 27.1 Å². The second kappa shape index (κ2) is 6.64. The van der Waals surface area contributed by atoms with Crippen LogP contribution in [-0.4, -0.2) is 22.4 Å². The van der Waals surface area contributed by atoms with E-state index in [2.05, 4.69) is 43.7 Å². The van der Waals surface area contributed by atoms with Gasteiger partial charge in [0.05, 0.1) is 12.6 Å². The Morgan fingerprint density at radius 1 is 1.08 bits per heavy atom. The van der Waals surface area contributed by atoms with Gasteiger partial charge in [0.15, 0.2) is 5.82 Å². The van der Waals surface area contributed by atoms with Crippen molar-refractivity contribution in [3.63, 3.8) is 0 Å². The maximum atomic E-state index is 12.0. The molecule has 0 bridgehead atoms. The number of nitrogens with zero attached hydrogens (tertiary/aromatic N) is 3. The minimum atomic E-state index is -0.354. The number of benzene rings is 3. The van der Waals surface area contributed by atoms with E-state index in [0.29, 0.717) is 0 Å². The fourth-order valence-corrected chi connectivity index (χ4v) is 2.88. The zero-order valence-electron chi connectivity index (χ0n) is 13.7. The first-order valence-corrected chi connectivity index (χ1v) is 8.01. The number of nitrogens with one attached hydrogen (secondary N) is 1. The van der Waals surface area contributed by atoms with Crippen molar-refractivity contribution in [2.45, 2.75) is 6.42 Å². The first-order valence-electron chi connectivity index (χ1n) is 8.01. The van der Waals surface area contributed by atoms with E-state index < -0.39 is 0 Å². The molecule has 0 unspecified atom stereocenters. The molecule has 0 fully saturated rings. The predicted octanol–water partition coefficient (Wildman–Crippen LogP) is 2.65. The van der Waals surface area contributed by atoms with Crippen molar-refractivity contribution in [2.24, 2.45) is 5.10 Å². The van der Waals surface area contributed by atoms with Crippen molar-refractivity contribution in [1.29, 1.82) is 0 Å². The van der Waals surface area contributed by atoms with E-state index in [1.165, 1.54) is 0 Å². The molecule has 0 spiro atoms. The minimum Gasteiger partial charge on any atom is -0.379 e. The number of hydrogen-bond acceptors (Lipinski definition) is 6. The smallest absolute Gasteiger partial charge is 0.246 e. The van der Waals surface area contributed by atoms with Crippen LogP contribution in [0.1, 0.15) is 11.3 Å². The van der Waals surface area contributed by atoms with Gasteiger partial charge in [0.25, 0.3) is 0 Å². The lowest BCUT2D eigenvalue weighted by atomic mass is 9.97. The molecule has 3 N–H and O–H groups in total. The van der Waals surface area contributed by atoms with Gasteiger partial charge in [-0.05, 0) is 32.8 Å². The molecule has 0 aliphatic carbocycles. The van der Waals surface area contributed by atoms with Crippen LogP contribution in [0, 0.1) is 0 Å². The highest BCUT2D eigenvalue weighted by Crippen LogP contribution is 2.27. The van der Waals surface area contributed by atoms with Gasteiger partial charge in [-0.2, -0.15) is 5.10 Å². The van der Waals surface area contributed by atoms with Crippen LogP contribution >= 0.6 is 0 Å². The zero-order valence-corrected chi connectivity index (χ0v) is 13.7. The summed E-state index contributed by atoms with van der Waals surface area (Å²) in [5.41, 5.74) is 9.27. The molecule has 7 heteroatoms. The summed E-state index contributed by atoms with van der Waals surface area (Å²) in [6.07, 6.45) is 1.61. The number of carbonyl (C=O) groups is 1. The fraction of sp³-hybridized carbons (Fsp3) is 0.0526. The molecular formula is C19H15N5O2. The molecule has 1 heterocycles. The van der Waals surface area contributed by atoms with Gasteiger partial charge in [-0.15, -0.1) is 0 Å². The number of carbonyl (C=O) groups excluding carboxylic acids is 1. The van der Waals surface area contributed by atoms with E-state index in [1.807, 2.05) is 36.4 Å². The highest BCUT2D eigenvalue weighted by atomic mass is 16.6. The Labute approximate surface area is 148 Å². The van der Waals surface area contributed by atoms with Crippen LogP contribution in [0.2, 0.25) is 0 Å². The third-order valence-electron chi connectivity index (χ3n) is 4.11. The SMILES string of the molecule is Nc1nonc1CC(=O)N/N=C/c1c2ccccc2cc2ccccc12. The fourth-order valence-electron chi connectivity index (χ4n) is 2.88. The highest BCUT2D eigenvalue weighted by molar-refractivity contribution is 6.13. The van der Waals surface area contributed by atoms with Crippen LogP contribution in [0.15, 0.2) is 64.3 Å². The largest absolute Gasteiger partial charge is 0.379 e. The number of amides is 1. The van der Waals surface area contributed by atoms with Crippen molar-refractivity contribution in [3.05, 3.63) is 65.9 Å². The van der Waals surface area contributed by atoms with Crippen LogP contribution < -0.4 is 11.2 Å². The maximum absolute atomic E-state index is 12.0. The molecule has 0 saturated carbocycles. The minimum absolute atomic E-state index is 0.0526. The maximum Gasteiger partial charge on any atom is 0.246 e. The molecule has 0 aliphatic rings. The van der Waals surface area contributed by atoms with Crippen molar-refractivity contribution in [1.82, 2.24) is 15.7 Å². The molecule has 4 aromatic rings. The van der Waals surface area contributed by atoms with E-state index in [1.54, 1.807) is 6.21 Å². The van der Waals surface area contributed by atoms with E-state index >= 15 is 0 Å². The molecule has 0 atom stereocenters. The molecule has 0 saturated heterocycles. The van der Waals surface area contributed by atoms with Crippen molar-refractivity contribution >= 4 is 39.5 Å². The first kappa shape index (κ1) is 15.8. The summed E-state index contributed by atoms with van der Waals surface area (Å²) in [6.45, 7) is 0. The Morgan fingerprint density at radius 2 is 1.73 bits per heavy atom. The zero-order chi connectivity index (χ0) is 17.9. The normalized spacial score (nSPS) is 11.4. The van der Waals surface area contributed by atoms with Crippen LogP contribution in [0.5, 0.6) is 0 Å². The van der Waals surface area contributed by atoms with Crippen LogP contribution in [0.25, 0.3) is 21.5 Å². The standard InChI is InChI=1S/C19H15N5O2/c20-19-17(23-26-24-19)10-18(25)22-21-11-16-14-7-3-1-5-12(14)9-13-6-2-4-8-15(13)16/h1-9,11H,10H2,(H2,20,24)(H,22,25)/b21-11+. The van der Waals surface area contributed by atoms with Gasteiger partial charge in [0, 0.05) is 5.56 Å². The molecule has 1 aromatic heterocycles. The van der Waals surface area contributed by atoms with Gasteiger partial charge >= 0.3 is 0 Å². The van der Waals surface area contributed by atoms with Crippen LogP contribution in [0.4, 0.5) is 5.82 Å². The number of hydrogen-bond donors (Lipinski definition) is 2. The third-order valence-corrected chi connectivity index (χ3v) is 4.11. The summed E-state index contributed by atoms with van der Waals surface area (Å²) in [4.78, 5) is 12.0. The number of fused-ring (bicyclic) bond motifs is 2. The van der Waals surface area contributed by atoms with Crippen LogP contribution in [0.3, 0.4) is 0 Å². The lowest BCUT2D eigenvalue weighted by Gasteiger charge is -2.07. The average Bonchev–Trinajstić information content (AvgIpc) is 3.05. The van der Waals surface area contributed by atoms with Crippen molar-refractivity contribution in [3.8, 4) is 0 Å². The Morgan fingerprint density at radius 3 is 2.35 bits per heavy atom. The number of hydrazone groups is 1. The average molecular weight is 345 g/mol. The lowest BCUT2D eigenvalue weighted by molar-refractivity contribution is -0.120. The molecule has 1 amide bonds. The summed E-state index contributed by atoms with van der Waals surface area (Å²) >= 11 is 0. The van der Waals surface area contributed by atoms with Gasteiger partial charge in [-0.25, -0.2) is 10.1 Å². The number of aromatic nitrogens is 2. The monoisotopic (exact) mass is 345 g/mol. The Hall–Kier alpha value is -3.74. The summed E-state index contributed by atoms with van der Waals surface area (Å²) in [6, 6.07) is 18.3. The molecular weight excluding hydrogens is 330 g/mol. The van der Waals surface area contributed by atoms with Gasteiger partial charge in [0.2, 0.25) is 5.91 Å². The topological polar surface area (TPSA) is 106 Å². The Balaban J connectivity index is 1.64. The van der Waals surface area contributed by atoms with Crippen molar-refractivity contribution in [2.75, 3.05) is 5.73 Å². The van der Waals surface area contributed by atoms with E-state index in [9.17, 15) is 4.79 Å². The molecule has 128 valence electrons. The first-order chi connectivity index (χ1) is 12.7. The van der Waals surface area contributed by atoms with Gasteiger partial charge in [0.1, 0.15) is 5.69 Å². The summed E-state index contributed by atoms with van der Waals surface area (Å²) in [7, 11) is 0. The predicted molar refractivity (Wildman–Crippen MR) is 99.6 cm³/mol. The van der Waals surface area contributed by atoms with E-state index in [4.69, 9.17) is 5.73 Å². The summed E-state index contributed by atoms with van der Waals surface area (Å²) in [5.74, 6) is -0.252. The van der Waals surface area contributed by atoms with Crippen molar-refractivity contribution < 1.29 is 9.42 Å². The lowest BCUT2D eigenvalue weighted by Crippen LogP contribution is -2.20. The number of nitrogens with two attached hydrogens (primary N) is 1. The Bertz CT molecular complexity index is 1080. The highest BCUT2D eigenvalue weighted by Gasteiger charge is 2.11. The summed E-state index contributed by atoms with van der Waals surface area (Å²) in [5, 5.41) is 15.5. The van der Waals surface area contributed by atoms with E-state index in [-0.39, 0.29) is 23.8 Å². The molecule has 26 heavy (non-hydrogen) atoms. The number of rotatable bonds is 4. The van der Waals surface area contributed by atoms with Crippen LogP contribution in [-0.2, 0) is 11.2 Å². The van der Waals surface area contributed by atoms with Gasteiger partial charge in [-0.3, -0.25) is 4.79 Å². The quantitative estimate of drug-likeness (QED) is 0.336. The van der Waals surface area contributed by atoms with Gasteiger partial charge in [-0.1, -0.05) is 53.7 Å². The molecule has 4 rings (SSSR count). The number of nitrogen functional groups attached to an aromatic ring is 1. The number of anilines is 1. The summed E-state index contributed by atoms with van der Waals surface area (Å²) < 4.78 is 4.47. The Kier molecular flexibility index (Phi) is 4.03. The second-order valence-corrected chi connectivity index (χ2v) is 5.80.